The monoisotopic (exact) mass is 228 g/mol. The molecule has 1 aliphatic rings. The molecular formula is C10H16N2O4. The van der Waals surface area contributed by atoms with Gasteiger partial charge in [-0.2, -0.15) is 0 Å². The molecule has 0 spiro atoms. The van der Waals surface area contributed by atoms with E-state index in [1.54, 1.807) is 6.92 Å². The van der Waals surface area contributed by atoms with Crippen molar-refractivity contribution in [1.29, 1.82) is 0 Å². The van der Waals surface area contributed by atoms with Gasteiger partial charge in [0, 0.05) is 4.92 Å². The fraction of sp³-hybridized carbons (Fsp3) is 0.600. The fourth-order valence-corrected chi connectivity index (χ4v) is 1.77. The van der Waals surface area contributed by atoms with Crippen LogP contribution in [-0.4, -0.2) is 38.9 Å². The molecular weight excluding hydrogens is 212 g/mol. The molecule has 6 nitrogen and oxygen atoms in total. The van der Waals surface area contributed by atoms with E-state index in [-0.39, 0.29) is 0 Å². The van der Waals surface area contributed by atoms with Crippen LogP contribution in [0.4, 0.5) is 0 Å². The Morgan fingerprint density at radius 2 is 2.12 bits per heavy atom. The molecule has 1 rings (SSSR count). The summed E-state index contributed by atoms with van der Waals surface area (Å²) in [6.45, 7) is 2.87. The van der Waals surface area contributed by atoms with Gasteiger partial charge in [0.05, 0.1) is 6.10 Å². The van der Waals surface area contributed by atoms with Gasteiger partial charge in [-0.1, -0.05) is 12.2 Å². The predicted octanol–water partition coefficient (Wildman–Crippen LogP) is -0.413. The van der Waals surface area contributed by atoms with Crippen molar-refractivity contribution in [2.45, 2.75) is 37.6 Å². The molecule has 0 aromatic heterocycles. The van der Waals surface area contributed by atoms with Crippen molar-refractivity contribution >= 4 is 0 Å². The number of rotatable bonds is 3. The van der Waals surface area contributed by atoms with Crippen LogP contribution in [-0.2, 0) is 0 Å². The molecule has 0 fully saturated rings. The lowest BCUT2D eigenvalue weighted by molar-refractivity contribution is -0.568. The Bertz CT molecular complexity index is 349. The van der Waals surface area contributed by atoms with Gasteiger partial charge in [0.25, 0.3) is 5.54 Å². The Kier molecular flexibility index (Phi) is 3.47. The quantitative estimate of drug-likeness (QED) is 0.449. The summed E-state index contributed by atoms with van der Waals surface area (Å²) in [7, 11) is 0. The first-order valence-electron chi connectivity index (χ1n) is 4.99. The van der Waals surface area contributed by atoms with E-state index >= 15 is 0 Å². The molecule has 6 heteroatoms. The summed E-state index contributed by atoms with van der Waals surface area (Å²) in [4.78, 5) is 10.4. The first-order chi connectivity index (χ1) is 7.32. The lowest BCUT2D eigenvalue weighted by atomic mass is 9.80. The molecule has 0 aromatic carbocycles. The van der Waals surface area contributed by atoms with Gasteiger partial charge >= 0.3 is 0 Å². The highest BCUT2D eigenvalue weighted by atomic mass is 16.6. The SMILES string of the molecule is CC(O)C1=CC(N)C(C(C)O)([N+](=O)[O-])C=C1. The Hall–Kier alpha value is -1.24. The highest BCUT2D eigenvalue weighted by Gasteiger charge is 2.51. The van der Waals surface area contributed by atoms with Crippen LogP contribution in [0, 0.1) is 10.1 Å². The normalized spacial score (nSPS) is 33.1. The zero-order chi connectivity index (χ0) is 12.5. The van der Waals surface area contributed by atoms with Gasteiger partial charge in [0.15, 0.2) is 0 Å². The van der Waals surface area contributed by atoms with Crippen LogP contribution in [0.2, 0.25) is 0 Å². The first-order valence-corrected chi connectivity index (χ1v) is 4.99. The summed E-state index contributed by atoms with van der Waals surface area (Å²) in [5.41, 5.74) is 4.51. The van der Waals surface area contributed by atoms with Gasteiger partial charge in [0.1, 0.15) is 12.1 Å². The Morgan fingerprint density at radius 3 is 2.44 bits per heavy atom. The minimum atomic E-state index is -1.71. The number of hydrogen-bond donors (Lipinski definition) is 3. The Labute approximate surface area is 93.2 Å². The summed E-state index contributed by atoms with van der Waals surface area (Å²) in [5.74, 6) is 0. The fourth-order valence-electron chi connectivity index (χ4n) is 1.77. The molecule has 16 heavy (non-hydrogen) atoms. The van der Waals surface area contributed by atoms with Crippen LogP contribution < -0.4 is 5.73 Å². The second-order valence-corrected chi connectivity index (χ2v) is 4.02. The summed E-state index contributed by atoms with van der Waals surface area (Å²) < 4.78 is 0. The molecule has 0 amide bonds. The van der Waals surface area contributed by atoms with Crippen LogP contribution in [0.3, 0.4) is 0 Å². The van der Waals surface area contributed by atoms with Gasteiger partial charge in [-0.3, -0.25) is 10.1 Å². The molecule has 0 saturated carbocycles. The molecule has 1 aliphatic carbocycles. The van der Waals surface area contributed by atoms with Crippen molar-refractivity contribution < 1.29 is 15.1 Å². The van der Waals surface area contributed by atoms with Gasteiger partial charge in [0.2, 0.25) is 0 Å². The second kappa shape index (κ2) is 4.32. The number of nitro groups is 1. The standard InChI is InChI=1S/C10H16N2O4/c1-6(13)8-3-4-10(7(2)14,12(15)16)9(11)5-8/h3-7,9,13-14H,11H2,1-2H3. The minimum Gasteiger partial charge on any atom is -0.389 e. The zero-order valence-electron chi connectivity index (χ0n) is 9.20. The van der Waals surface area contributed by atoms with Crippen molar-refractivity contribution in [2.24, 2.45) is 5.73 Å². The molecule has 0 radical (unpaired) electrons. The average molecular weight is 228 g/mol. The van der Waals surface area contributed by atoms with Crippen molar-refractivity contribution in [2.75, 3.05) is 0 Å². The van der Waals surface area contributed by atoms with E-state index in [4.69, 9.17) is 5.73 Å². The summed E-state index contributed by atoms with van der Waals surface area (Å²) in [5, 5.41) is 29.9. The number of nitrogens with two attached hydrogens (primary N) is 1. The maximum Gasteiger partial charge on any atom is 0.283 e. The van der Waals surface area contributed by atoms with Crippen LogP contribution in [0.5, 0.6) is 0 Å². The maximum absolute atomic E-state index is 11.0. The lowest BCUT2D eigenvalue weighted by Crippen LogP contribution is -2.59. The number of hydrogen-bond acceptors (Lipinski definition) is 5. The third-order valence-electron chi connectivity index (χ3n) is 2.92. The lowest BCUT2D eigenvalue weighted by Gasteiger charge is -2.32. The van der Waals surface area contributed by atoms with Crippen molar-refractivity contribution in [3.05, 3.63) is 33.9 Å². The summed E-state index contributed by atoms with van der Waals surface area (Å²) in [6.07, 6.45) is 2.16. The number of aliphatic hydroxyl groups excluding tert-OH is 2. The Balaban J connectivity index is 3.13. The van der Waals surface area contributed by atoms with Crippen LogP contribution in [0.25, 0.3) is 0 Å². The van der Waals surface area contributed by atoms with E-state index in [9.17, 15) is 20.3 Å². The van der Waals surface area contributed by atoms with E-state index < -0.39 is 28.7 Å². The van der Waals surface area contributed by atoms with Gasteiger partial charge in [-0.15, -0.1) is 0 Å². The minimum absolute atomic E-state index is 0.519. The predicted molar refractivity (Wildman–Crippen MR) is 58.3 cm³/mol. The van der Waals surface area contributed by atoms with Crippen LogP contribution in [0.15, 0.2) is 23.8 Å². The van der Waals surface area contributed by atoms with Gasteiger partial charge in [-0.25, -0.2) is 0 Å². The number of aliphatic hydroxyl groups is 2. The topological polar surface area (TPSA) is 110 Å². The van der Waals surface area contributed by atoms with E-state index in [1.807, 2.05) is 0 Å². The van der Waals surface area contributed by atoms with Crippen molar-refractivity contribution in [1.82, 2.24) is 0 Å². The van der Waals surface area contributed by atoms with E-state index in [1.165, 1.54) is 25.2 Å². The molecule has 0 bridgehead atoms. The smallest absolute Gasteiger partial charge is 0.283 e. The third kappa shape index (κ3) is 1.87. The van der Waals surface area contributed by atoms with Crippen molar-refractivity contribution in [3.63, 3.8) is 0 Å². The highest BCUT2D eigenvalue weighted by molar-refractivity contribution is 5.35. The second-order valence-electron chi connectivity index (χ2n) is 4.02. The molecule has 4 N–H and O–H groups in total. The van der Waals surface area contributed by atoms with Crippen molar-refractivity contribution in [3.8, 4) is 0 Å². The molecule has 0 aliphatic heterocycles. The first kappa shape index (κ1) is 12.8. The zero-order valence-corrected chi connectivity index (χ0v) is 9.20. The molecule has 4 atom stereocenters. The van der Waals surface area contributed by atoms with Gasteiger partial charge in [-0.05, 0) is 25.5 Å². The van der Waals surface area contributed by atoms with E-state index in [0.29, 0.717) is 5.57 Å². The molecule has 90 valence electrons. The van der Waals surface area contributed by atoms with E-state index in [0.717, 1.165) is 0 Å². The highest BCUT2D eigenvalue weighted by Crippen LogP contribution is 2.28. The van der Waals surface area contributed by atoms with Gasteiger partial charge < -0.3 is 15.9 Å². The van der Waals surface area contributed by atoms with Crippen LogP contribution in [0.1, 0.15) is 13.8 Å². The maximum atomic E-state index is 11.0. The summed E-state index contributed by atoms with van der Waals surface area (Å²) >= 11 is 0. The Morgan fingerprint density at radius 1 is 1.56 bits per heavy atom. The van der Waals surface area contributed by atoms with Crippen LogP contribution >= 0.6 is 0 Å². The number of nitrogens with zero attached hydrogens (tertiary/aromatic N) is 1. The summed E-state index contributed by atoms with van der Waals surface area (Å²) in [6, 6.07) is -0.961. The molecule has 0 saturated heterocycles. The van der Waals surface area contributed by atoms with E-state index in [2.05, 4.69) is 0 Å². The molecule has 4 unspecified atom stereocenters. The third-order valence-corrected chi connectivity index (χ3v) is 2.92. The molecule has 0 aromatic rings. The average Bonchev–Trinajstić information content (AvgIpc) is 2.16. The molecule has 0 heterocycles. The largest absolute Gasteiger partial charge is 0.389 e.